The van der Waals surface area contributed by atoms with E-state index in [1.165, 1.54) is 5.75 Å². The Bertz CT molecular complexity index is 147. The lowest BCUT2D eigenvalue weighted by atomic mass is 10.2. The van der Waals surface area contributed by atoms with Crippen molar-refractivity contribution in [3.05, 3.63) is 0 Å². The summed E-state index contributed by atoms with van der Waals surface area (Å²) in [6, 6.07) is 0.473. The molecule has 0 bridgehead atoms. The second-order valence-corrected chi connectivity index (χ2v) is 3.81. The van der Waals surface area contributed by atoms with Crippen molar-refractivity contribution in [2.45, 2.75) is 19.4 Å². The van der Waals surface area contributed by atoms with Gasteiger partial charge in [-0.3, -0.25) is 4.99 Å². The molecule has 0 aromatic carbocycles. The van der Waals surface area contributed by atoms with Gasteiger partial charge in [-0.25, -0.2) is 0 Å². The Balaban J connectivity index is 3.83. The largest absolute Gasteiger partial charge is 0.370 e. The molecule has 0 aromatic heterocycles. The van der Waals surface area contributed by atoms with E-state index >= 15 is 0 Å². The molecule has 0 amide bonds. The Labute approximate surface area is 79.4 Å². The molecule has 0 saturated carbocycles. The normalized spacial score (nSPS) is 14.5. The molecule has 0 saturated heterocycles. The first-order valence-electron chi connectivity index (χ1n) is 4.07. The first-order valence-corrected chi connectivity index (χ1v) is 5.46. The van der Waals surface area contributed by atoms with Crippen LogP contribution in [-0.2, 0) is 0 Å². The molecular formula is C8H19N3S. The van der Waals surface area contributed by atoms with Crippen LogP contribution in [0.4, 0.5) is 0 Å². The van der Waals surface area contributed by atoms with E-state index in [1.807, 2.05) is 23.7 Å². The van der Waals surface area contributed by atoms with Crippen LogP contribution >= 0.6 is 11.8 Å². The average molecular weight is 189 g/mol. The summed E-state index contributed by atoms with van der Waals surface area (Å²) in [6.07, 6.45) is 3.26. The maximum absolute atomic E-state index is 5.66. The van der Waals surface area contributed by atoms with E-state index in [4.69, 9.17) is 5.73 Å². The monoisotopic (exact) mass is 189 g/mol. The molecular weight excluding hydrogens is 170 g/mol. The maximum atomic E-state index is 5.66. The number of thioether (sulfide) groups is 1. The van der Waals surface area contributed by atoms with Crippen LogP contribution < -0.4 is 5.73 Å². The van der Waals surface area contributed by atoms with Gasteiger partial charge in [-0.1, -0.05) is 0 Å². The molecule has 0 aliphatic carbocycles. The van der Waals surface area contributed by atoms with Gasteiger partial charge in [0.25, 0.3) is 0 Å². The molecule has 1 unspecified atom stereocenters. The second-order valence-electron chi connectivity index (χ2n) is 2.82. The SMILES string of the molecule is CN=C(N)N(C)C(C)CCSC. The molecule has 0 aromatic rings. The van der Waals surface area contributed by atoms with E-state index < -0.39 is 0 Å². The summed E-state index contributed by atoms with van der Waals surface area (Å²) in [7, 11) is 3.69. The highest BCUT2D eigenvalue weighted by Gasteiger charge is 2.09. The zero-order valence-corrected chi connectivity index (χ0v) is 9.19. The summed E-state index contributed by atoms with van der Waals surface area (Å²) in [5, 5.41) is 0. The van der Waals surface area contributed by atoms with Gasteiger partial charge >= 0.3 is 0 Å². The van der Waals surface area contributed by atoms with E-state index in [-0.39, 0.29) is 0 Å². The third-order valence-electron chi connectivity index (χ3n) is 1.99. The molecule has 12 heavy (non-hydrogen) atoms. The molecule has 0 rings (SSSR count). The molecule has 0 fully saturated rings. The summed E-state index contributed by atoms with van der Waals surface area (Å²) in [5.41, 5.74) is 5.66. The number of nitrogens with zero attached hydrogens (tertiary/aromatic N) is 2. The Morgan fingerprint density at radius 3 is 2.67 bits per heavy atom. The van der Waals surface area contributed by atoms with Crippen molar-refractivity contribution in [1.82, 2.24) is 4.90 Å². The average Bonchev–Trinajstić information content (AvgIpc) is 2.11. The zero-order valence-electron chi connectivity index (χ0n) is 8.37. The van der Waals surface area contributed by atoms with Gasteiger partial charge in [0.15, 0.2) is 5.96 Å². The van der Waals surface area contributed by atoms with Crippen LogP contribution in [0.3, 0.4) is 0 Å². The van der Waals surface area contributed by atoms with Crippen molar-refractivity contribution in [1.29, 1.82) is 0 Å². The number of guanidine groups is 1. The number of rotatable bonds is 4. The maximum Gasteiger partial charge on any atom is 0.190 e. The molecule has 0 heterocycles. The van der Waals surface area contributed by atoms with Gasteiger partial charge in [-0.15, -0.1) is 0 Å². The third kappa shape index (κ3) is 3.85. The van der Waals surface area contributed by atoms with Crippen LogP contribution in [0, 0.1) is 0 Å². The Hall–Kier alpha value is -0.380. The van der Waals surface area contributed by atoms with E-state index in [1.54, 1.807) is 7.05 Å². The molecule has 3 nitrogen and oxygen atoms in total. The smallest absolute Gasteiger partial charge is 0.190 e. The standard InChI is InChI=1S/C8H19N3S/c1-7(5-6-12-4)11(3)8(9)10-2/h7H,5-6H2,1-4H3,(H2,9,10). The van der Waals surface area contributed by atoms with Gasteiger partial charge in [0.1, 0.15) is 0 Å². The number of hydrogen-bond donors (Lipinski definition) is 1. The van der Waals surface area contributed by atoms with E-state index in [9.17, 15) is 0 Å². The molecule has 0 aliphatic heterocycles. The topological polar surface area (TPSA) is 41.6 Å². The summed E-state index contributed by atoms with van der Waals surface area (Å²) in [5.74, 6) is 1.78. The van der Waals surface area contributed by atoms with Crippen LogP contribution in [-0.4, -0.2) is 43.0 Å². The van der Waals surface area contributed by atoms with E-state index in [0.717, 1.165) is 6.42 Å². The Kier molecular flexibility index (Phi) is 5.98. The highest BCUT2D eigenvalue weighted by molar-refractivity contribution is 7.98. The van der Waals surface area contributed by atoms with Crippen LogP contribution in [0.1, 0.15) is 13.3 Å². The van der Waals surface area contributed by atoms with Gasteiger partial charge in [0.05, 0.1) is 0 Å². The third-order valence-corrected chi connectivity index (χ3v) is 2.64. The zero-order chi connectivity index (χ0) is 9.56. The van der Waals surface area contributed by atoms with E-state index in [0.29, 0.717) is 12.0 Å². The highest BCUT2D eigenvalue weighted by Crippen LogP contribution is 2.05. The van der Waals surface area contributed by atoms with Crippen molar-refractivity contribution in [2.75, 3.05) is 26.1 Å². The van der Waals surface area contributed by atoms with Crippen molar-refractivity contribution in [2.24, 2.45) is 10.7 Å². The number of nitrogens with two attached hydrogens (primary N) is 1. The van der Waals surface area contributed by atoms with Crippen molar-refractivity contribution >= 4 is 17.7 Å². The minimum atomic E-state index is 0.473. The molecule has 2 N–H and O–H groups in total. The molecule has 4 heteroatoms. The fourth-order valence-electron chi connectivity index (χ4n) is 0.866. The van der Waals surface area contributed by atoms with Crippen LogP contribution in [0.15, 0.2) is 4.99 Å². The molecule has 0 aliphatic rings. The lowest BCUT2D eigenvalue weighted by Crippen LogP contribution is -2.40. The Morgan fingerprint density at radius 2 is 2.25 bits per heavy atom. The predicted octanol–water partition coefficient (Wildman–Crippen LogP) is 1.00. The number of hydrogen-bond acceptors (Lipinski definition) is 2. The molecule has 0 radical (unpaired) electrons. The molecule has 72 valence electrons. The van der Waals surface area contributed by atoms with E-state index in [2.05, 4.69) is 18.2 Å². The first kappa shape index (κ1) is 11.6. The summed E-state index contributed by atoms with van der Waals surface area (Å²) in [6.45, 7) is 2.16. The fraction of sp³-hybridized carbons (Fsp3) is 0.875. The van der Waals surface area contributed by atoms with Gasteiger partial charge in [-0.2, -0.15) is 11.8 Å². The number of aliphatic imine (C=N–C) groups is 1. The van der Waals surface area contributed by atoms with Crippen LogP contribution in [0.5, 0.6) is 0 Å². The molecule has 0 spiro atoms. The van der Waals surface area contributed by atoms with Crippen LogP contribution in [0.2, 0.25) is 0 Å². The van der Waals surface area contributed by atoms with Gasteiger partial charge < -0.3 is 10.6 Å². The predicted molar refractivity (Wildman–Crippen MR) is 57.8 cm³/mol. The second kappa shape index (κ2) is 6.17. The lowest BCUT2D eigenvalue weighted by molar-refractivity contribution is 0.378. The summed E-state index contributed by atoms with van der Waals surface area (Å²) >= 11 is 1.86. The van der Waals surface area contributed by atoms with Gasteiger partial charge in [0.2, 0.25) is 0 Å². The van der Waals surface area contributed by atoms with Gasteiger partial charge in [-0.05, 0) is 25.4 Å². The quantitative estimate of drug-likeness (QED) is 0.530. The highest BCUT2D eigenvalue weighted by atomic mass is 32.2. The fourth-order valence-corrected chi connectivity index (χ4v) is 1.44. The van der Waals surface area contributed by atoms with Crippen LogP contribution in [0.25, 0.3) is 0 Å². The molecule has 1 atom stereocenters. The van der Waals surface area contributed by atoms with Crippen molar-refractivity contribution in [3.63, 3.8) is 0 Å². The van der Waals surface area contributed by atoms with Crippen molar-refractivity contribution < 1.29 is 0 Å². The summed E-state index contributed by atoms with van der Waals surface area (Å²) in [4.78, 5) is 5.94. The van der Waals surface area contributed by atoms with Crippen molar-refractivity contribution in [3.8, 4) is 0 Å². The van der Waals surface area contributed by atoms with Gasteiger partial charge in [0, 0.05) is 20.1 Å². The minimum absolute atomic E-state index is 0.473. The lowest BCUT2D eigenvalue weighted by Gasteiger charge is -2.25. The summed E-state index contributed by atoms with van der Waals surface area (Å²) < 4.78 is 0. The minimum Gasteiger partial charge on any atom is -0.370 e. The Morgan fingerprint density at radius 1 is 1.67 bits per heavy atom. The first-order chi connectivity index (χ1) is 5.63.